The molecule has 3 heteroatoms. The monoisotopic (exact) mass is 317 g/mol. The van der Waals surface area contributed by atoms with E-state index in [1.807, 2.05) is 30.3 Å². The Labute approximate surface area is 122 Å². The van der Waals surface area contributed by atoms with Crippen molar-refractivity contribution >= 4 is 22.1 Å². The molecule has 0 N–H and O–H groups in total. The third kappa shape index (κ3) is 4.52. The number of oxime groups is 1. The molecule has 2 nitrogen and oxygen atoms in total. The third-order valence-corrected chi connectivity index (χ3v) is 3.25. The Morgan fingerprint density at radius 2 is 1.89 bits per heavy atom. The van der Waals surface area contributed by atoms with Crippen molar-refractivity contribution in [3.8, 4) is 0 Å². The van der Waals surface area contributed by atoms with E-state index in [0.717, 1.165) is 22.0 Å². The smallest absolute Gasteiger partial charge is 0.142 e. The standard InChI is InChI=1S/C16H16BrNO/c1-2-13-5-3-7-15(9-13)12-19-18-11-14-6-4-8-16(17)10-14/h3-11H,2,12H2,1H3. The summed E-state index contributed by atoms with van der Waals surface area (Å²) in [6.07, 6.45) is 2.75. The summed E-state index contributed by atoms with van der Waals surface area (Å²) in [6.45, 7) is 2.64. The van der Waals surface area contributed by atoms with E-state index in [0.29, 0.717) is 6.61 Å². The molecule has 0 aliphatic carbocycles. The highest BCUT2D eigenvalue weighted by Crippen LogP contribution is 2.10. The molecule has 0 saturated carbocycles. The first-order valence-electron chi connectivity index (χ1n) is 6.26. The molecule has 0 aromatic heterocycles. The number of hydrogen-bond acceptors (Lipinski definition) is 2. The number of hydrogen-bond donors (Lipinski definition) is 0. The Morgan fingerprint density at radius 3 is 2.68 bits per heavy atom. The molecule has 0 aliphatic heterocycles. The summed E-state index contributed by atoms with van der Waals surface area (Å²) < 4.78 is 1.03. The van der Waals surface area contributed by atoms with Gasteiger partial charge in [0.05, 0.1) is 6.21 Å². The molecule has 2 rings (SSSR count). The van der Waals surface area contributed by atoms with E-state index in [4.69, 9.17) is 4.84 Å². The van der Waals surface area contributed by atoms with Crippen LogP contribution in [0.2, 0.25) is 0 Å². The summed E-state index contributed by atoms with van der Waals surface area (Å²) in [5.41, 5.74) is 3.47. The van der Waals surface area contributed by atoms with Gasteiger partial charge in [-0.3, -0.25) is 0 Å². The minimum Gasteiger partial charge on any atom is -0.391 e. The molecule has 19 heavy (non-hydrogen) atoms. The molecule has 0 aliphatic rings. The molecule has 0 fully saturated rings. The summed E-state index contributed by atoms with van der Waals surface area (Å²) in [4.78, 5) is 5.32. The van der Waals surface area contributed by atoms with Crippen molar-refractivity contribution in [2.75, 3.05) is 0 Å². The fraction of sp³-hybridized carbons (Fsp3) is 0.188. The molecule has 0 atom stereocenters. The molecule has 0 unspecified atom stereocenters. The average molecular weight is 318 g/mol. The van der Waals surface area contributed by atoms with E-state index in [2.05, 4.69) is 46.2 Å². The molecule has 0 saturated heterocycles. The van der Waals surface area contributed by atoms with Crippen LogP contribution in [0.4, 0.5) is 0 Å². The van der Waals surface area contributed by atoms with Gasteiger partial charge in [0.25, 0.3) is 0 Å². The largest absolute Gasteiger partial charge is 0.391 e. The zero-order chi connectivity index (χ0) is 13.5. The van der Waals surface area contributed by atoms with Gasteiger partial charge in [-0.15, -0.1) is 0 Å². The number of aryl methyl sites for hydroxylation is 1. The van der Waals surface area contributed by atoms with Crippen LogP contribution in [-0.4, -0.2) is 6.21 Å². The van der Waals surface area contributed by atoms with Crippen LogP contribution in [0.25, 0.3) is 0 Å². The second-order valence-electron chi connectivity index (χ2n) is 4.24. The average Bonchev–Trinajstić information content (AvgIpc) is 2.44. The maximum atomic E-state index is 5.32. The maximum Gasteiger partial charge on any atom is 0.142 e. The van der Waals surface area contributed by atoms with Gasteiger partial charge in [0.2, 0.25) is 0 Å². The second kappa shape index (κ2) is 7.10. The van der Waals surface area contributed by atoms with Crippen LogP contribution in [-0.2, 0) is 17.9 Å². The van der Waals surface area contributed by atoms with Crippen molar-refractivity contribution in [3.05, 3.63) is 69.7 Å². The van der Waals surface area contributed by atoms with Gasteiger partial charge in [0.1, 0.15) is 6.61 Å². The Bertz CT molecular complexity index is 566. The van der Waals surface area contributed by atoms with Crippen LogP contribution in [0.3, 0.4) is 0 Å². The molecular formula is C16H16BrNO. The summed E-state index contributed by atoms with van der Waals surface area (Å²) in [6, 6.07) is 16.3. The van der Waals surface area contributed by atoms with Gasteiger partial charge >= 0.3 is 0 Å². The summed E-state index contributed by atoms with van der Waals surface area (Å²) >= 11 is 3.42. The predicted molar refractivity (Wildman–Crippen MR) is 82.3 cm³/mol. The summed E-state index contributed by atoms with van der Waals surface area (Å²) in [5, 5.41) is 3.99. The fourth-order valence-electron chi connectivity index (χ4n) is 1.74. The molecule has 2 aromatic rings. The Hall–Kier alpha value is -1.61. The van der Waals surface area contributed by atoms with Crippen molar-refractivity contribution in [2.45, 2.75) is 20.0 Å². The number of rotatable bonds is 5. The van der Waals surface area contributed by atoms with Gasteiger partial charge in [-0.1, -0.05) is 64.4 Å². The highest BCUT2D eigenvalue weighted by atomic mass is 79.9. The molecule has 0 amide bonds. The summed E-state index contributed by atoms with van der Waals surface area (Å²) in [5.74, 6) is 0. The lowest BCUT2D eigenvalue weighted by Crippen LogP contribution is -1.90. The molecule has 0 heterocycles. The normalized spacial score (nSPS) is 10.8. The van der Waals surface area contributed by atoms with E-state index in [1.54, 1.807) is 6.21 Å². The fourth-order valence-corrected chi connectivity index (χ4v) is 2.15. The highest BCUT2D eigenvalue weighted by molar-refractivity contribution is 9.10. The molecule has 0 bridgehead atoms. The topological polar surface area (TPSA) is 21.6 Å². The van der Waals surface area contributed by atoms with Crippen molar-refractivity contribution in [2.24, 2.45) is 5.16 Å². The minimum absolute atomic E-state index is 0.498. The predicted octanol–water partition coefficient (Wildman–Crippen LogP) is 4.56. The van der Waals surface area contributed by atoms with Crippen molar-refractivity contribution < 1.29 is 4.84 Å². The van der Waals surface area contributed by atoms with E-state index in [-0.39, 0.29) is 0 Å². The summed E-state index contributed by atoms with van der Waals surface area (Å²) in [7, 11) is 0. The van der Waals surface area contributed by atoms with Gasteiger partial charge in [0.15, 0.2) is 0 Å². The van der Waals surface area contributed by atoms with Crippen molar-refractivity contribution in [1.82, 2.24) is 0 Å². The number of benzene rings is 2. The molecule has 0 radical (unpaired) electrons. The lowest BCUT2D eigenvalue weighted by atomic mass is 10.1. The van der Waals surface area contributed by atoms with Gasteiger partial charge in [0, 0.05) is 4.47 Å². The van der Waals surface area contributed by atoms with Crippen LogP contribution in [0.5, 0.6) is 0 Å². The first-order valence-corrected chi connectivity index (χ1v) is 7.06. The van der Waals surface area contributed by atoms with Crippen molar-refractivity contribution in [3.63, 3.8) is 0 Å². The first-order chi connectivity index (χ1) is 9.28. The maximum absolute atomic E-state index is 5.32. The number of nitrogens with zero attached hydrogens (tertiary/aromatic N) is 1. The van der Waals surface area contributed by atoms with Gasteiger partial charge in [-0.2, -0.15) is 0 Å². The molecular weight excluding hydrogens is 302 g/mol. The van der Waals surface area contributed by atoms with Crippen LogP contribution in [0, 0.1) is 0 Å². The second-order valence-corrected chi connectivity index (χ2v) is 5.15. The lowest BCUT2D eigenvalue weighted by molar-refractivity contribution is 0.132. The third-order valence-electron chi connectivity index (χ3n) is 2.76. The van der Waals surface area contributed by atoms with Crippen molar-refractivity contribution in [1.29, 1.82) is 0 Å². The Kier molecular flexibility index (Phi) is 5.16. The van der Waals surface area contributed by atoms with Gasteiger partial charge in [-0.25, -0.2) is 0 Å². The van der Waals surface area contributed by atoms with Crippen LogP contribution >= 0.6 is 15.9 Å². The quantitative estimate of drug-likeness (QED) is 0.585. The Balaban J connectivity index is 1.89. The SMILES string of the molecule is CCc1cccc(CON=Cc2cccc(Br)c2)c1. The first kappa shape index (κ1) is 13.8. The number of halogens is 1. The molecule has 98 valence electrons. The van der Waals surface area contributed by atoms with Crippen LogP contribution < -0.4 is 0 Å². The minimum atomic E-state index is 0.498. The molecule has 0 spiro atoms. The van der Waals surface area contributed by atoms with E-state index in [9.17, 15) is 0 Å². The van der Waals surface area contributed by atoms with E-state index < -0.39 is 0 Å². The molecule has 2 aromatic carbocycles. The van der Waals surface area contributed by atoms with E-state index in [1.165, 1.54) is 5.56 Å². The lowest BCUT2D eigenvalue weighted by Gasteiger charge is -2.02. The Morgan fingerprint density at radius 1 is 1.11 bits per heavy atom. The van der Waals surface area contributed by atoms with Gasteiger partial charge in [-0.05, 0) is 35.2 Å². The van der Waals surface area contributed by atoms with Gasteiger partial charge < -0.3 is 4.84 Å². The highest BCUT2D eigenvalue weighted by Gasteiger charge is 1.95. The van der Waals surface area contributed by atoms with E-state index >= 15 is 0 Å². The zero-order valence-corrected chi connectivity index (χ0v) is 12.4. The zero-order valence-electron chi connectivity index (χ0n) is 10.8. The van der Waals surface area contributed by atoms with Crippen LogP contribution in [0.1, 0.15) is 23.6 Å². The van der Waals surface area contributed by atoms with Crippen LogP contribution in [0.15, 0.2) is 58.2 Å².